The third-order valence-corrected chi connectivity index (χ3v) is 21.3. The van der Waals surface area contributed by atoms with E-state index in [-0.39, 0.29) is 42.1 Å². The summed E-state index contributed by atoms with van der Waals surface area (Å²) < 4.78 is 70.3. The van der Waals surface area contributed by atoms with Crippen molar-refractivity contribution in [3.05, 3.63) is 78.0 Å². The fraction of sp³-hybridized carbons (Fsp3) is 0.273. The maximum Gasteiger partial charge on any atom is 0.349 e. The zero-order valence-corrected chi connectivity index (χ0v) is 46.4. The Bertz CT molecular complexity index is 4070. The van der Waals surface area contributed by atoms with E-state index in [9.17, 15) is 24.8 Å². The first-order valence-corrected chi connectivity index (χ1v) is 30.0. The minimum absolute atomic E-state index is 0.0699. The number of aromatic nitrogens is 1. The molecule has 0 amide bonds. The third-order valence-electron chi connectivity index (χ3n) is 13.7. The lowest BCUT2D eigenvalue weighted by Crippen LogP contribution is -2.33. The van der Waals surface area contributed by atoms with E-state index in [2.05, 4.69) is 54.3 Å². The summed E-state index contributed by atoms with van der Waals surface area (Å²) in [7, 11) is 0. The van der Waals surface area contributed by atoms with E-state index in [0.29, 0.717) is 112 Å². The monoisotopic (exact) mass is 1180 g/mol. The van der Waals surface area contributed by atoms with Crippen LogP contribution in [0.1, 0.15) is 22.9 Å². The molecule has 0 radical (unpaired) electrons. The maximum atomic E-state index is 13.8. The van der Waals surface area contributed by atoms with Crippen LogP contribution >= 0.6 is 68.0 Å². The minimum atomic E-state index is -1.54. The second kappa shape index (κ2) is 20.2. The number of para-hydroxylation sites is 1. The number of hydrogen-bond donors (Lipinski definition) is 1. The molecule has 0 spiro atoms. The zero-order valence-electron chi connectivity index (χ0n) is 41.5. The molecule has 12 heterocycles. The molecule has 6 aliphatic rings. The van der Waals surface area contributed by atoms with E-state index in [1.165, 1.54) is 56.5 Å². The molecule has 0 fully saturated rings. The summed E-state index contributed by atoms with van der Waals surface area (Å²) in [5, 5.41) is 19.5. The number of fused-ring (bicyclic) bond motifs is 7. The van der Waals surface area contributed by atoms with E-state index in [1.54, 1.807) is 34.8 Å². The average molecular weight is 1180 g/mol. The number of benzene rings is 2. The first-order valence-electron chi connectivity index (χ1n) is 25.1. The summed E-state index contributed by atoms with van der Waals surface area (Å²) in [5.74, 6) is 4.01. The number of carboxylic acid groups (broad SMARTS) is 1. The van der Waals surface area contributed by atoms with Crippen LogP contribution in [-0.2, 0) is 33.9 Å². The quantitative estimate of drug-likeness (QED) is 0.120. The number of aryl methyl sites for hydroxylation is 2. The molecule has 8 aromatic rings. The van der Waals surface area contributed by atoms with E-state index >= 15 is 0 Å². The van der Waals surface area contributed by atoms with E-state index in [0.717, 1.165) is 75.0 Å². The number of nitrogens with zero attached hydrogens (tertiary/aromatic N) is 3. The Morgan fingerprint density at radius 2 is 1.03 bits per heavy atom. The van der Waals surface area contributed by atoms with Crippen molar-refractivity contribution < 1.29 is 66.8 Å². The summed E-state index contributed by atoms with van der Waals surface area (Å²) in [6.07, 6.45) is 3.40. The first-order chi connectivity index (χ1) is 38.8. The molecule has 0 unspecified atom stereocenters. The van der Waals surface area contributed by atoms with Gasteiger partial charge in [-0.3, -0.25) is 14.2 Å². The molecule has 0 atom stereocenters. The molecule has 402 valence electrons. The van der Waals surface area contributed by atoms with Crippen LogP contribution in [0.5, 0.6) is 57.5 Å². The number of anilines is 2. The molecule has 6 aromatic heterocycles. The molecule has 0 aliphatic carbocycles. The van der Waals surface area contributed by atoms with Gasteiger partial charge in [-0.15, -0.1) is 68.0 Å². The predicted octanol–water partition coefficient (Wildman–Crippen LogP) is 9.38. The first kappa shape index (κ1) is 49.6. The molecule has 0 saturated heterocycles. The lowest BCUT2D eigenvalue weighted by Gasteiger charge is -2.25. The molecule has 0 saturated carbocycles. The highest BCUT2D eigenvalue weighted by atomic mass is 32.1. The molecule has 18 nitrogen and oxygen atoms in total. The van der Waals surface area contributed by atoms with E-state index in [4.69, 9.17) is 52.1 Å². The number of carbonyl (C=O) groups is 2. The van der Waals surface area contributed by atoms with Gasteiger partial charge in [0.15, 0.2) is 69.8 Å². The van der Waals surface area contributed by atoms with Gasteiger partial charge < -0.3 is 62.1 Å². The van der Waals surface area contributed by atoms with Gasteiger partial charge in [-0.2, -0.15) is 5.26 Å². The Morgan fingerprint density at radius 1 is 0.595 bits per heavy atom. The highest BCUT2D eigenvalue weighted by Gasteiger charge is 2.40. The summed E-state index contributed by atoms with van der Waals surface area (Å²) in [6, 6.07) is 17.0. The van der Waals surface area contributed by atoms with Crippen molar-refractivity contribution in [2.45, 2.75) is 26.5 Å². The minimum Gasteiger partial charge on any atom is -0.485 e. The number of thiophene rings is 5. The van der Waals surface area contributed by atoms with Crippen LogP contribution in [-0.4, -0.2) is 94.7 Å². The normalized spacial score (nSPS) is 16.1. The number of carbonyl (C=O) groups excluding carboxylic acids is 1. The predicted molar refractivity (Wildman–Crippen MR) is 300 cm³/mol. The van der Waals surface area contributed by atoms with E-state index < -0.39 is 23.8 Å². The van der Waals surface area contributed by atoms with Gasteiger partial charge in [-0.25, -0.2) is 4.79 Å². The Balaban J connectivity index is 0.878. The summed E-state index contributed by atoms with van der Waals surface area (Å²) in [6.45, 7) is 5.77. The molecule has 24 heteroatoms. The number of thiazole rings is 1. The summed E-state index contributed by atoms with van der Waals surface area (Å²) in [4.78, 5) is 47.0. The van der Waals surface area contributed by atoms with Crippen molar-refractivity contribution in [2.24, 2.45) is 0 Å². The van der Waals surface area contributed by atoms with Crippen LogP contribution in [0.2, 0.25) is 0 Å². The highest BCUT2D eigenvalue weighted by Crippen LogP contribution is 2.67. The van der Waals surface area contributed by atoms with Gasteiger partial charge in [0.1, 0.15) is 76.8 Å². The van der Waals surface area contributed by atoms with Crippen molar-refractivity contribution >= 4 is 103 Å². The molecular formula is C55H41N3O15S6. The van der Waals surface area contributed by atoms with E-state index in [1.807, 2.05) is 0 Å². The largest absolute Gasteiger partial charge is 0.485 e. The zero-order chi connectivity index (χ0) is 53.5. The molecule has 6 aliphatic heterocycles. The van der Waals surface area contributed by atoms with Gasteiger partial charge in [0.05, 0.1) is 53.3 Å². The molecule has 79 heavy (non-hydrogen) atoms. The second-order valence-electron chi connectivity index (χ2n) is 18.2. The number of aliphatic carboxylic acids is 1. The Morgan fingerprint density at radius 3 is 1.51 bits per heavy atom. The molecule has 1 N–H and O–H groups in total. The number of carboxylic acids is 1. The van der Waals surface area contributed by atoms with Gasteiger partial charge in [0.2, 0.25) is 0 Å². The van der Waals surface area contributed by atoms with Gasteiger partial charge >= 0.3 is 5.97 Å². The smallest absolute Gasteiger partial charge is 0.349 e. The fourth-order valence-corrected chi connectivity index (χ4v) is 17.9. The second-order valence-corrected chi connectivity index (χ2v) is 24.3. The van der Waals surface area contributed by atoms with Crippen LogP contribution in [0.4, 0.5) is 11.4 Å². The van der Waals surface area contributed by atoms with Gasteiger partial charge in [-0.1, -0.05) is 24.3 Å². The maximum absolute atomic E-state index is 13.8. The number of hydrogen-bond acceptors (Lipinski definition) is 22. The molecule has 2 aromatic carbocycles. The topological polar surface area (TPSA) is 205 Å². The average Bonchev–Trinajstić information content (AvgIpc) is 4.48. The molecule has 0 bridgehead atoms. The third kappa shape index (κ3) is 8.18. The van der Waals surface area contributed by atoms with Crippen molar-refractivity contribution in [1.82, 2.24) is 4.57 Å². The Hall–Kier alpha value is -7.66. The highest BCUT2D eigenvalue weighted by molar-refractivity contribution is 7.31. The van der Waals surface area contributed by atoms with Crippen LogP contribution < -0.4 is 67.0 Å². The lowest BCUT2D eigenvalue weighted by atomic mass is 10.0. The SMILES string of the molecule is CCN1c2ccccc2CCc2cc(-c3sc(-c4sc(-c5sc(-c6sc(-c7sc(C=c8sc(=C(C#N)C(=O)O)n(COC=O)c8=O)c8c7OCCO8)c7c6OCCO7)c6c5OCCO6)c5c4OCCO5)c4c3OCCO4)ccc21. The number of nitriles is 1. The number of rotatable bonds is 11. The molecular weight excluding hydrogens is 1140 g/mol. The van der Waals surface area contributed by atoms with Gasteiger partial charge in [0, 0.05) is 17.9 Å². The summed E-state index contributed by atoms with van der Waals surface area (Å²) in [5.41, 5.74) is 4.78. The summed E-state index contributed by atoms with van der Waals surface area (Å²) >= 11 is 8.14. The van der Waals surface area contributed by atoms with Crippen molar-refractivity contribution in [1.29, 1.82) is 5.26 Å². The van der Waals surface area contributed by atoms with Crippen molar-refractivity contribution in [2.75, 3.05) is 77.5 Å². The van der Waals surface area contributed by atoms with Gasteiger partial charge in [-0.05, 0) is 60.7 Å². The molecule has 14 rings (SSSR count). The van der Waals surface area contributed by atoms with Crippen molar-refractivity contribution in [3.63, 3.8) is 0 Å². The van der Waals surface area contributed by atoms with Crippen LogP contribution in [0, 0.1) is 11.3 Å². The fourth-order valence-electron chi connectivity index (χ4n) is 10.4. The van der Waals surface area contributed by atoms with Crippen LogP contribution in [0.15, 0.2) is 47.3 Å². The van der Waals surface area contributed by atoms with Gasteiger partial charge in [0.25, 0.3) is 12.0 Å². The lowest BCUT2D eigenvalue weighted by molar-refractivity contribution is -0.132. The van der Waals surface area contributed by atoms with Crippen LogP contribution in [0.25, 0.3) is 61.1 Å². The van der Waals surface area contributed by atoms with Crippen molar-refractivity contribution in [3.8, 4) is 113 Å². The Kier molecular flexibility index (Phi) is 12.7. The Labute approximate surface area is 472 Å². The number of ether oxygens (including phenoxy) is 11. The van der Waals surface area contributed by atoms with Crippen LogP contribution in [0.3, 0.4) is 0 Å². The standard InChI is InChI=1S/C55H41N3O15S6/c1-2-57-30-6-4-3-5-26(30)7-8-27-21-28(9-10-31(27)57)44-36-37(67-14-13-66-36)47(76-44)48-40-41(71-18-17-70-40)51(78-48)52-43-42(72-19-20-73-43)50(79-52)49-39-38(68-15-16-69-39)46(77-49)45-35-34(64-11-12-65-35)32(74-45)22-33-53(60)58(24-63-25-59)54(75-33)29(23-56)55(61)62/h3-6,9-10,21-22,25H,2,7-8,11-20,24H2,1H3,(H,61,62).